The van der Waals surface area contributed by atoms with Crippen LogP contribution in [0.3, 0.4) is 0 Å². The van der Waals surface area contributed by atoms with Crippen LogP contribution in [0.25, 0.3) is 0 Å². The normalized spacial score (nSPS) is 23.8. The number of piperazine rings is 1. The molecule has 8 heteroatoms. The molecule has 0 unspecified atom stereocenters. The minimum Gasteiger partial charge on any atom is -0.469 e. The fourth-order valence-corrected chi connectivity index (χ4v) is 4.46. The van der Waals surface area contributed by atoms with E-state index < -0.39 is 12.0 Å². The van der Waals surface area contributed by atoms with Crippen LogP contribution >= 0.6 is 0 Å². The van der Waals surface area contributed by atoms with Crippen molar-refractivity contribution < 1.29 is 23.5 Å². The Bertz CT molecular complexity index is 925. The van der Waals surface area contributed by atoms with E-state index >= 15 is 0 Å². The molecule has 29 heavy (non-hydrogen) atoms. The Labute approximate surface area is 168 Å². The Morgan fingerprint density at radius 3 is 2.72 bits per heavy atom. The lowest BCUT2D eigenvalue weighted by Crippen LogP contribution is -2.56. The van der Waals surface area contributed by atoms with Crippen molar-refractivity contribution in [2.24, 2.45) is 5.92 Å². The van der Waals surface area contributed by atoms with E-state index in [1.54, 1.807) is 4.90 Å². The largest absolute Gasteiger partial charge is 0.469 e. The Morgan fingerprint density at radius 2 is 2.03 bits per heavy atom. The number of amides is 2. The number of methoxy groups -OCH3 is 1. The van der Waals surface area contributed by atoms with Gasteiger partial charge in [-0.15, -0.1) is 0 Å². The quantitative estimate of drug-likeness (QED) is 0.731. The van der Waals surface area contributed by atoms with Crippen molar-refractivity contribution in [2.75, 3.05) is 20.2 Å². The lowest BCUT2D eigenvalue weighted by Gasteiger charge is -2.39. The number of esters is 1. The second kappa shape index (κ2) is 7.69. The van der Waals surface area contributed by atoms with E-state index in [1.807, 2.05) is 37.3 Å². The average molecular weight is 397 g/mol. The lowest BCUT2D eigenvalue weighted by molar-refractivity contribution is -0.147. The molecule has 3 atom stereocenters. The molecular formula is C21H23N3O5. The number of carbonyl (C=O) groups excluding carboxylic acids is 3. The van der Waals surface area contributed by atoms with Crippen LogP contribution in [0.15, 0.2) is 41.1 Å². The Kier molecular flexibility index (Phi) is 5.08. The van der Waals surface area contributed by atoms with Crippen LogP contribution in [0.2, 0.25) is 0 Å². The van der Waals surface area contributed by atoms with Crippen LogP contribution in [0.4, 0.5) is 0 Å². The number of hydrogen-bond donors (Lipinski definition) is 0. The summed E-state index contributed by atoms with van der Waals surface area (Å²) < 4.78 is 10.3. The van der Waals surface area contributed by atoms with E-state index in [4.69, 9.17) is 9.15 Å². The third-order valence-electron chi connectivity index (χ3n) is 5.74. The van der Waals surface area contributed by atoms with Gasteiger partial charge >= 0.3 is 5.97 Å². The zero-order valence-electron chi connectivity index (χ0n) is 16.4. The van der Waals surface area contributed by atoms with Gasteiger partial charge in [0, 0.05) is 13.0 Å². The third-order valence-corrected chi connectivity index (χ3v) is 5.74. The molecule has 0 bridgehead atoms. The molecule has 2 aliphatic rings. The fourth-order valence-electron chi connectivity index (χ4n) is 4.46. The molecule has 8 nitrogen and oxygen atoms in total. The predicted octanol–water partition coefficient (Wildman–Crippen LogP) is 1.82. The highest BCUT2D eigenvalue weighted by molar-refractivity contribution is 5.96. The summed E-state index contributed by atoms with van der Waals surface area (Å²) in [5, 5.41) is 0. The molecule has 0 N–H and O–H groups in total. The molecule has 1 aromatic carbocycles. The number of oxazole rings is 1. The van der Waals surface area contributed by atoms with Gasteiger partial charge in [0.2, 0.25) is 5.91 Å². The first-order valence-electron chi connectivity index (χ1n) is 9.70. The maximum absolute atomic E-state index is 13.1. The van der Waals surface area contributed by atoms with E-state index in [0.717, 1.165) is 5.56 Å². The maximum Gasteiger partial charge on any atom is 0.311 e. The summed E-state index contributed by atoms with van der Waals surface area (Å²) in [7, 11) is 1.36. The van der Waals surface area contributed by atoms with Crippen molar-refractivity contribution in [1.29, 1.82) is 0 Å². The second-order valence-electron chi connectivity index (χ2n) is 7.34. The second-order valence-corrected chi connectivity index (χ2v) is 7.34. The smallest absolute Gasteiger partial charge is 0.311 e. The first kappa shape index (κ1) is 19.2. The van der Waals surface area contributed by atoms with Gasteiger partial charge in [0.05, 0.1) is 25.1 Å². The van der Waals surface area contributed by atoms with Gasteiger partial charge in [0.1, 0.15) is 12.3 Å². The number of fused-ring (bicyclic) bond motifs is 1. The van der Waals surface area contributed by atoms with Crippen LogP contribution in [0.1, 0.15) is 41.2 Å². The van der Waals surface area contributed by atoms with E-state index in [2.05, 4.69) is 4.98 Å². The molecule has 2 aromatic rings. The van der Waals surface area contributed by atoms with Gasteiger partial charge in [-0.25, -0.2) is 4.98 Å². The SMILES string of the molecule is CCc1ocnc1C(=O)N1CC(=O)N2[C@@H](C[C@H](C(=O)OC)[C@@H]2c2ccccc2)C1. The number of benzene rings is 1. The molecule has 0 saturated carbocycles. The van der Waals surface area contributed by atoms with Crippen molar-refractivity contribution in [3.63, 3.8) is 0 Å². The van der Waals surface area contributed by atoms with Gasteiger partial charge in [-0.1, -0.05) is 37.3 Å². The molecule has 152 valence electrons. The van der Waals surface area contributed by atoms with Crippen LogP contribution < -0.4 is 0 Å². The summed E-state index contributed by atoms with van der Waals surface area (Å²) in [6.07, 6.45) is 2.23. The van der Waals surface area contributed by atoms with Crippen molar-refractivity contribution in [3.8, 4) is 0 Å². The molecule has 0 spiro atoms. The minimum atomic E-state index is -0.468. The van der Waals surface area contributed by atoms with Crippen LogP contribution in [-0.4, -0.2) is 58.8 Å². The molecule has 2 fully saturated rings. The molecular weight excluding hydrogens is 374 g/mol. The van der Waals surface area contributed by atoms with Crippen LogP contribution in [0.5, 0.6) is 0 Å². The van der Waals surface area contributed by atoms with Crippen molar-refractivity contribution in [3.05, 3.63) is 53.7 Å². The van der Waals surface area contributed by atoms with Crippen molar-refractivity contribution >= 4 is 17.8 Å². The van der Waals surface area contributed by atoms with Gasteiger partial charge in [-0.05, 0) is 12.0 Å². The first-order chi connectivity index (χ1) is 14.0. The average Bonchev–Trinajstić information content (AvgIpc) is 3.38. The Balaban J connectivity index is 1.63. The maximum atomic E-state index is 13.1. The fraction of sp³-hybridized carbons (Fsp3) is 0.429. The van der Waals surface area contributed by atoms with Gasteiger partial charge < -0.3 is 19.0 Å². The van der Waals surface area contributed by atoms with E-state index in [0.29, 0.717) is 25.1 Å². The predicted molar refractivity (Wildman–Crippen MR) is 102 cm³/mol. The van der Waals surface area contributed by atoms with Crippen molar-refractivity contribution in [2.45, 2.75) is 31.8 Å². The van der Waals surface area contributed by atoms with E-state index in [-0.39, 0.29) is 36.1 Å². The zero-order chi connectivity index (χ0) is 20.5. The molecule has 2 saturated heterocycles. The lowest BCUT2D eigenvalue weighted by atomic mass is 9.93. The summed E-state index contributed by atoms with van der Waals surface area (Å²) in [4.78, 5) is 45.8. The number of aryl methyl sites for hydroxylation is 1. The molecule has 2 amide bonds. The molecule has 4 rings (SSSR count). The van der Waals surface area contributed by atoms with E-state index in [1.165, 1.54) is 18.4 Å². The number of aromatic nitrogens is 1. The topological polar surface area (TPSA) is 93.0 Å². The van der Waals surface area contributed by atoms with Crippen molar-refractivity contribution in [1.82, 2.24) is 14.8 Å². The number of ether oxygens (including phenoxy) is 1. The van der Waals surface area contributed by atoms with Crippen LogP contribution in [0, 0.1) is 5.92 Å². The summed E-state index contributed by atoms with van der Waals surface area (Å²) in [5.41, 5.74) is 1.14. The molecule has 2 aliphatic heterocycles. The van der Waals surface area contributed by atoms with Crippen LogP contribution in [-0.2, 0) is 20.7 Å². The molecule has 3 heterocycles. The highest BCUT2D eigenvalue weighted by Gasteiger charge is 2.51. The highest BCUT2D eigenvalue weighted by atomic mass is 16.5. The summed E-state index contributed by atoms with van der Waals surface area (Å²) >= 11 is 0. The number of nitrogens with zero attached hydrogens (tertiary/aromatic N) is 3. The molecule has 1 aromatic heterocycles. The van der Waals surface area contributed by atoms with E-state index in [9.17, 15) is 14.4 Å². The zero-order valence-corrected chi connectivity index (χ0v) is 16.4. The minimum absolute atomic E-state index is 0.0530. The van der Waals surface area contributed by atoms with Gasteiger partial charge in [0.25, 0.3) is 5.91 Å². The monoisotopic (exact) mass is 397 g/mol. The Morgan fingerprint density at radius 1 is 1.28 bits per heavy atom. The Hall–Kier alpha value is -3.16. The highest BCUT2D eigenvalue weighted by Crippen LogP contribution is 2.43. The number of hydrogen-bond acceptors (Lipinski definition) is 6. The molecule has 0 radical (unpaired) electrons. The first-order valence-corrected chi connectivity index (χ1v) is 9.70. The van der Waals surface area contributed by atoms with Gasteiger partial charge in [-0.3, -0.25) is 14.4 Å². The number of rotatable bonds is 4. The number of carbonyl (C=O) groups is 3. The standard InChI is InChI=1S/C21H23N3O5/c1-3-16-18(22-12-29-16)20(26)23-10-14-9-15(21(27)28-2)19(24(14)17(25)11-23)13-7-5-4-6-8-13/h4-8,12,14-15,19H,3,9-11H2,1-2H3/t14-,15-,19-/m0/s1. The summed E-state index contributed by atoms with van der Waals surface area (Å²) in [6, 6.07) is 8.84. The third kappa shape index (κ3) is 3.28. The van der Waals surface area contributed by atoms with Gasteiger partial charge in [-0.2, -0.15) is 0 Å². The van der Waals surface area contributed by atoms with Gasteiger partial charge in [0.15, 0.2) is 12.1 Å². The molecule has 0 aliphatic carbocycles. The summed E-state index contributed by atoms with van der Waals surface area (Å²) in [6.45, 7) is 2.17. The summed E-state index contributed by atoms with van der Waals surface area (Å²) in [5.74, 6) is -0.808.